The largest absolute Gasteiger partial charge is 0.497 e. The third kappa shape index (κ3) is 5.41. The van der Waals surface area contributed by atoms with Gasteiger partial charge in [-0.1, -0.05) is 18.2 Å². The lowest BCUT2D eigenvalue weighted by Crippen LogP contribution is -2.39. The Hall–Kier alpha value is -3.22. The Morgan fingerprint density at radius 3 is 2.42 bits per heavy atom. The second-order valence-electron chi connectivity index (χ2n) is 5.57. The monoisotopic (exact) mass is 357 g/mol. The van der Waals surface area contributed by atoms with Gasteiger partial charge in [-0.3, -0.25) is 4.79 Å². The van der Waals surface area contributed by atoms with Gasteiger partial charge in [-0.05, 0) is 37.3 Å². The number of carbonyl (C=O) groups excluding carboxylic acids is 2. The van der Waals surface area contributed by atoms with Gasteiger partial charge in [0, 0.05) is 11.3 Å². The molecule has 2 aromatic carbocycles. The van der Waals surface area contributed by atoms with Gasteiger partial charge in [0.05, 0.1) is 26.8 Å². The van der Waals surface area contributed by atoms with Crippen molar-refractivity contribution in [3.63, 3.8) is 0 Å². The minimum atomic E-state index is -0.446. The van der Waals surface area contributed by atoms with E-state index >= 15 is 0 Å². The molecule has 0 saturated heterocycles. The summed E-state index contributed by atoms with van der Waals surface area (Å²) in [5.41, 5.74) is 1.44. The van der Waals surface area contributed by atoms with Crippen LogP contribution in [0.15, 0.2) is 48.5 Å². The fourth-order valence-electron chi connectivity index (χ4n) is 2.41. The Morgan fingerprint density at radius 2 is 1.77 bits per heavy atom. The van der Waals surface area contributed by atoms with Crippen molar-refractivity contribution < 1.29 is 19.1 Å². The summed E-state index contributed by atoms with van der Waals surface area (Å²) < 4.78 is 10.5. The fourth-order valence-corrected chi connectivity index (χ4v) is 2.41. The van der Waals surface area contributed by atoms with Crippen molar-refractivity contribution in [1.82, 2.24) is 10.6 Å². The molecule has 0 saturated carbocycles. The van der Waals surface area contributed by atoms with Crippen LogP contribution in [0.1, 0.15) is 18.5 Å². The van der Waals surface area contributed by atoms with E-state index in [1.807, 2.05) is 25.1 Å². The van der Waals surface area contributed by atoms with Crippen LogP contribution in [0.5, 0.6) is 11.5 Å². The molecule has 0 unspecified atom stereocenters. The number of benzene rings is 2. The molecule has 7 heteroatoms. The number of methoxy groups -OCH3 is 2. The van der Waals surface area contributed by atoms with Gasteiger partial charge in [-0.2, -0.15) is 0 Å². The number of carbonyl (C=O) groups is 2. The number of rotatable bonds is 7. The standard InChI is InChI=1S/C19H23N3O4/c1-13(16-11-15(25-2)9-10-17(16)26-3)21-18(23)12-20-19(24)22-14-7-5-4-6-8-14/h4-11,13H,12H2,1-3H3,(H,21,23)(H2,20,22,24)/t13-/m1/s1. The molecule has 0 fully saturated rings. The molecule has 26 heavy (non-hydrogen) atoms. The molecule has 0 radical (unpaired) electrons. The summed E-state index contributed by atoms with van der Waals surface area (Å²) in [6.07, 6.45) is 0. The van der Waals surface area contributed by atoms with Crippen LogP contribution in [0.3, 0.4) is 0 Å². The number of anilines is 1. The average Bonchev–Trinajstić information content (AvgIpc) is 2.66. The molecular weight excluding hydrogens is 334 g/mol. The number of hydrogen-bond donors (Lipinski definition) is 3. The Labute approximate surface area is 152 Å². The van der Waals surface area contributed by atoms with Crippen molar-refractivity contribution in [1.29, 1.82) is 0 Å². The quantitative estimate of drug-likeness (QED) is 0.711. The minimum Gasteiger partial charge on any atom is -0.497 e. The van der Waals surface area contributed by atoms with Gasteiger partial charge in [0.1, 0.15) is 11.5 Å². The summed E-state index contributed by atoms with van der Waals surface area (Å²) >= 11 is 0. The molecule has 2 rings (SSSR count). The number of urea groups is 1. The summed E-state index contributed by atoms with van der Waals surface area (Å²) in [7, 11) is 3.14. The van der Waals surface area contributed by atoms with E-state index in [0.717, 1.165) is 5.56 Å². The SMILES string of the molecule is COc1ccc(OC)c([C@@H](C)NC(=O)CNC(=O)Nc2ccccc2)c1. The molecule has 0 aliphatic rings. The van der Waals surface area contributed by atoms with Gasteiger partial charge in [0.25, 0.3) is 0 Å². The van der Waals surface area contributed by atoms with Crippen molar-refractivity contribution >= 4 is 17.6 Å². The van der Waals surface area contributed by atoms with Gasteiger partial charge in [-0.15, -0.1) is 0 Å². The van der Waals surface area contributed by atoms with Crippen molar-refractivity contribution in [2.75, 3.05) is 26.1 Å². The first-order chi connectivity index (χ1) is 12.5. The summed E-state index contributed by atoms with van der Waals surface area (Å²) in [6.45, 7) is 1.69. The molecule has 0 aliphatic carbocycles. The van der Waals surface area contributed by atoms with Crippen molar-refractivity contribution in [2.24, 2.45) is 0 Å². The molecule has 2 aromatic rings. The summed E-state index contributed by atoms with van der Waals surface area (Å²) in [5.74, 6) is 1.00. The van der Waals surface area contributed by atoms with E-state index < -0.39 is 6.03 Å². The maximum Gasteiger partial charge on any atom is 0.319 e. The predicted octanol–water partition coefficient (Wildman–Crippen LogP) is 2.70. The topological polar surface area (TPSA) is 88.7 Å². The Bertz CT molecular complexity index is 750. The smallest absolute Gasteiger partial charge is 0.319 e. The number of nitrogens with one attached hydrogen (secondary N) is 3. The van der Waals surface area contributed by atoms with Gasteiger partial charge in [0.15, 0.2) is 0 Å². The molecule has 0 heterocycles. The van der Waals surface area contributed by atoms with Crippen LogP contribution in [-0.4, -0.2) is 32.7 Å². The molecule has 3 amide bonds. The van der Waals surface area contributed by atoms with Crippen LogP contribution in [-0.2, 0) is 4.79 Å². The number of hydrogen-bond acceptors (Lipinski definition) is 4. The van der Waals surface area contributed by atoms with Crippen LogP contribution >= 0.6 is 0 Å². The number of amides is 3. The lowest BCUT2D eigenvalue weighted by Gasteiger charge is -2.18. The maximum absolute atomic E-state index is 12.1. The third-order valence-corrected chi connectivity index (χ3v) is 3.72. The first kappa shape index (κ1) is 19.1. The molecule has 0 aliphatic heterocycles. The van der Waals surface area contributed by atoms with Gasteiger partial charge in [0.2, 0.25) is 5.91 Å². The van der Waals surface area contributed by atoms with E-state index in [-0.39, 0.29) is 18.5 Å². The van der Waals surface area contributed by atoms with Crippen molar-refractivity contribution in [3.8, 4) is 11.5 Å². The first-order valence-electron chi connectivity index (χ1n) is 8.14. The molecule has 3 N–H and O–H groups in total. The first-order valence-corrected chi connectivity index (χ1v) is 8.14. The Kier molecular flexibility index (Phi) is 6.84. The molecule has 138 valence electrons. The fraction of sp³-hybridized carbons (Fsp3) is 0.263. The minimum absolute atomic E-state index is 0.144. The zero-order chi connectivity index (χ0) is 18.9. The van der Waals surface area contributed by atoms with Crippen LogP contribution in [0.2, 0.25) is 0 Å². The zero-order valence-corrected chi connectivity index (χ0v) is 15.0. The normalized spacial score (nSPS) is 11.2. The Morgan fingerprint density at radius 1 is 1.04 bits per heavy atom. The second kappa shape index (κ2) is 9.31. The highest BCUT2D eigenvalue weighted by Crippen LogP contribution is 2.29. The van der Waals surface area contributed by atoms with Crippen LogP contribution in [0, 0.1) is 0 Å². The zero-order valence-electron chi connectivity index (χ0n) is 15.0. The predicted molar refractivity (Wildman–Crippen MR) is 99.6 cm³/mol. The Balaban J connectivity index is 1.88. The second-order valence-corrected chi connectivity index (χ2v) is 5.57. The highest BCUT2D eigenvalue weighted by molar-refractivity contribution is 5.92. The van der Waals surface area contributed by atoms with Crippen molar-refractivity contribution in [3.05, 3.63) is 54.1 Å². The lowest BCUT2D eigenvalue weighted by atomic mass is 10.1. The third-order valence-electron chi connectivity index (χ3n) is 3.72. The van der Waals surface area contributed by atoms with Crippen LogP contribution in [0.25, 0.3) is 0 Å². The van der Waals surface area contributed by atoms with E-state index in [1.165, 1.54) is 0 Å². The van der Waals surface area contributed by atoms with Gasteiger partial charge in [-0.25, -0.2) is 4.79 Å². The highest BCUT2D eigenvalue weighted by atomic mass is 16.5. The number of para-hydroxylation sites is 1. The van der Waals surface area contributed by atoms with Crippen molar-refractivity contribution in [2.45, 2.75) is 13.0 Å². The molecular formula is C19H23N3O4. The summed E-state index contributed by atoms with van der Waals surface area (Å²) in [4.78, 5) is 23.9. The van der Waals surface area contributed by atoms with Crippen LogP contribution in [0.4, 0.5) is 10.5 Å². The average molecular weight is 357 g/mol. The van der Waals surface area contributed by atoms with E-state index in [2.05, 4.69) is 16.0 Å². The van der Waals surface area contributed by atoms with E-state index in [0.29, 0.717) is 17.2 Å². The highest BCUT2D eigenvalue weighted by Gasteiger charge is 2.15. The van der Waals surface area contributed by atoms with E-state index in [4.69, 9.17) is 9.47 Å². The molecule has 7 nitrogen and oxygen atoms in total. The van der Waals surface area contributed by atoms with Crippen LogP contribution < -0.4 is 25.4 Å². The van der Waals surface area contributed by atoms with E-state index in [1.54, 1.807) is 44.6 Å². The lowest BCUT2D eigenvalue weighted by molar-refractivity contribution is -0.120. The summed E-state index contributed by atoms with van der Waals surface area (Å²) in [6, 6.07) is 13.6. The maximum atomic E-state index is 12.1. The molecule has 0 spiro atoms. The molecule has 1 atom stereocenters. The summed E-state index contributed by atoms with van der Waals surface area (Å²) in [5, 5.41) is 7.99. The molecule has 0 bridgehead atoms. The number of ether oxygens (including phenoxy) is 2. The van der Waals surface area contributed by atoms with Gasteiger partial charge >= 0.3 is 6.03 Å². The van der Waals surface area contributed by atoms with E-state index in [9.17, 15) is 9.59 Å². The van der Waals surface area contributed by atoms with Gasteiger partial charge < -0.3 is 25.4 Å². The molecule has 0 aromatic heterocycles.